The van der Waals surface area contributed by atoms with E-state index >= 15 is 0 Å². The van der Waals surface area contributed by atoms with Crippen LogP contribution in [0.4, 0.5) is 0 Å². The summed E-state index contributed by atoms with van der Waals surface area (Å²) < 4.78 is 20.0. The highest BCUT2D eigenvalue weighted by Crippen LogP contribution is 2.36. The number of rotatable bonds is 7. The van der Waals surface area contributed by atoms with Gasteiger partial charge >= 0.3 is 0 Å². The molecule has 1 aromatic heterocycles. The van der Waals surface area contributed by atoms with Gasteiger partial charge in [0.05, 0.1) is 39.6 Å². The number of benzene rings is 2. The molecule has 178 valence electrons. The molecule has 8 heteroatoms. The summed E-state index contributed by atoms with van der Waals surface area (Å²) in [5.41, 5.74) is 3.89. The predicted octanol–water partition coefficient (Wildman–Crippen LogP) is 3.65. The first-order valence-corrected chi connectivity index (χ1v) is 11.5. The Bertz CT molecular complexity index is 1130. The third kappa shape index (κ3) is 4.90. The van der Waals surface area contributed by atoms with E-state index in [1.54, 1.807) is 7.11 Å². The zero-order chi connectivity index (χ0) is 23.5. The largest absolute Gasteiger partial charge is 0.499 e. The van der Waals surface area contributed by atoms with Crippen molar-refractivity contribution in [1.29, 1.82) is 0 Å². The summed E-state index contributed by atoms with van der Waals surface area (Å²) in [6.45, 7) is 5.84. The van der Waals surface area contributed by atoms with Gasteiger partial charge in [-0.05, 0) is 25.0 Å². The molecule has 0 unspecified atom stereocenters. The van der Waals surface area contributed by atoms with Crippen molar-refractivity contribution in [3.05, 3.63) is 89.4 Å². The van der Waals surface area contributed by atoms with Gasteiger partial charge < -0.3 is 14.2 Å². The van der Waals surface area contributed by atoms with Crippen molar-refractivity contribution < 1.29 is 19.0 Å². The summed E-state index contributed by atoms with van der Waals surface area (Å²) in [6.07, 6.45) is 1.67. The van der Waals surface area contributed by atoms with Gasteiger partial charge in [0.1, 0.15) is 23.6 Å². The molecule has 0 saturated carbocycles. The average molecular weight is 463 g/mol. The Morgan fingerprint density at radius 2 is 1.68 bits per heavy atom. The lowest BCUT2D eigenvalue weighted by Gasteiger charge is -2.39. The molecule has 0 amide bonds. The van der Waals surface area contributed by atoms with E-state index in [9.17, 15) is 0 Å². The number of nitrogens with zero attached hydrogens (tertiary/aromatic N) is 4. The highest BCUT2D eigenvalue weighted by Gasteiger charge is 2.45. The average Bonchev–Trinajstić information content (AvgIpc) is 3.45. The summed E-state index contributed by atoms with van der Waals surface area (Å²) in [5, 5.41) is 10.7. The standard InChI is InChI=1S/C26H30N4O4/c1-26(2)32-18-23(34-26)24-25(31-3)21(17-33-30(24)15-20-12-8-5-9-13-20)22-16-29(28-27-22)14-19-10-6-4-7-11-19/h4-13,16,23-24H,14-15,17-18H2,1-3H3/t23-,24+/m1/s1. The van der Waals surface area contributed by atoms with Crippen LogP contribution >= 0.6 is 0 Å². The maximum absolute atomic E-state index is 6.28. The molecule has 3 heterocycles. The van der Waals surface area contributed by atoms with Gasteiger partial charge in [0.2, 0.25) is 0 Å². The Morgan fingerprint density at radius 1 is 1.00 bits per heavy atom. The van der Waals surface area contributed by atoms with Gasteiger partial charge in [-0.1, -0.05) is 65.9 Å². The maximum atomic E-state index is 6.28. The normalized spacial score (nSPS) is 22.8. The number of hydrogen-bond acceptors (Lipinski definition) is 7. The molecule has 1 fully saturated rings. The third-order valence-corrected chi connectivity index (χ3v) is 6.07. The first kappa shape index (κ1) is 22.7. The van der Waals surface area contributed by atoms with E-state index in [1.165, 1.54) is 0 Å². The Hall–Kier alpha value is -3.04. The molecule has 0 N–H and O–H groups in total. The van der Waals surface area contributed by atoms with Crippen LogP contribution in [0.25, 0.3) is 5.57 Å². The molecular formula is C26H30N4O4. The van der Waals surface area contributed by atoms with Crippen molar-refractivity contribution in [1.82, 2.24) is 20.1 Å². The molecule has 0 radical (unpaired) electrons. The van der Waals surface area contributed by atoms with E-state index in [0.29, 0.717) is 26.3 Å². The molecule has 2 aromatic carbocycles. The molecule has 2 aliphatic rings. The van der Waals surface area contributed by atoms with Gasteiger partial charge in [-0.25, -0.2) is 4.68 Å². The predicted molar refractivity (Wildman–Crippen MR) is 126 cm³/mol. The summed E-state index contributed by atoms with van der Waals surface area (Å²) in [7, 11) is 1.68. The topological polar surface area (TPSA) is 70.9 Å². The number of hydrogen-bond donors (Lipinski definition) is 0. The summed E-state index contributed by atoms with van der Waals surface area (Å²) >= 11 is 0. The van der Waals surface area contributed by atoms with Crippen LogP contribution in [0.15, 0.2) is 72.6 Å². The van der Waals surface area contributed by atoms with Crippen LogP contribution in [0, 0.1) is 0 Å². The molecule has 1 saturated heterocycles. The number of methoxy groups -OCH3 is 1. The van der Waals surface area contributed by atoms with Crippen LogP contribution in [-0.4, -0.2) is 58.3 Å². The molecule has 5 rings (SSSR count). The Morgan fingerprint density at radius 3 is 2.29 bits per heavy atom. The second-order valence-corrected chi connectivity index (χ2v) is 8.98. The minimum Gasteiger partial charge on any atom is -0.499 e. The zero-order valence-electron chi connectivity index (χ0n) is 19.8. The van der Waals surface area contributed by atoms with Crippen LogP contribution in [0.1, 0.15) is 30.7 Å². The SMILES string of the molecule is COC1=C(c2cn(Cc3ccccc3)nn2)CON(Cc2ccccc2)[C@H]1[C@H]1COC(C)(C)O1. The van der Waals surface area contributed by atoms with E-state index < -0.39 is 5.79 Å². The van der Waals surface area contributed by atoms with Crippen LogP contribution in [0.5, 0.6) is 0 Å². The summed E-state index contributed by atoms with van der Waals surface area (Å²) in [5.74, 6) is 0.0958. The summed E-state index contributed by atoms with van der Waals surface area (Å²) in [6, 6.07) is 20.1. The second-order valence-electron chi connectivity index (χ2n) is 8.98. The van der Waals surface area contributed by atoms with Crippen molar-refractivity contribution in [2.24, 2.45) is 0 Å². The second kappa shape index (κ2) is 9.68. The van der Waals surface area contributed by atoms with E-state index in [2.05, 4.69) is 34.6 Å². The van der Waals surface area contributed by atoms with E-state index in [1.807, 2.05) is 66.2 Å². The van der Waals surface area contributed by atoms with Gasteiger partial charge in [0, 0.05) is 5.57 Å². The van der Waals surface area contributed by atoms with Gasteiger partial charge in [0.15, 0.2) is 5.79 Å². The zero-order valence-corrected chi connectivity index (χ0v) is 19.8. The molecule has 3 aromatic rings. The minimum atomic E-state index is -0.668. The van der Waals surface area contributed by atoms with Crippen LogP contribution < -0.4 is 0 Å². The van der Waals surface area contributed by atoms with Crippen molar-refractivity contribution in [2.45, 2.75) is 44.9 Å². The van der Waals surface area contributed by atoms with Crippen LogP contribution in [-0.2, 0) is 32.1 Å². The smallest absolute Gasteiger partial charge is 0.163 e. The molecular weight excluding hydrogens is 432 g/mol. The van der Waals surface area contributed by atoms with Gasteiger partial charge in [0.25, 0.3) is 0 Å². The Balaban J connectivity index is 1.46. The van der Waals surface area contributed by atoms with Crippen LogP contribution in [0.2, 0.25) is 0 Å². The van der Waals surface area contributed by atoms with Crippen LogP contribution in [0.3, 0.4) is 0 Å². The van der Waals surface area contributed by atoms with E-state index in [-0.39, 0.29) is 12.1 Å². The number of ether oxygens (including phenoxy) is 3. The quantitative estimate of drug-likeness (QED) is 0.531. The van der Waals surface area contributed by atoms with E-state index in [0.717, 1.165) is 28.2 Å². The van der Waals surface area contributed by atoms with Gasteiger partial charge in [-0.15, -0.1) is 5.10 Å². The third-order valence-electron chi connectivity index (χ3n) is 6.07. The molecule has 2 aliphatic heterocycles. The molecule has 34 heavy (non-hydrogen) atoms. The molecule has 0 bridgehead atoms. The fourth-order valence-electron chi connectivity index (χ4n) is 4.47. The monoisotopic (exact) mass is 462 g/mol. The fraction of sp³-hybridized carbons (Fsp3) is 0.385. The lowest BCUT2D eigenvalue weighted by Crippen LogP contribution is -2.49. The number of aromatic nitrogens is 3. The lowest BCUT2D eigenvalue weighted by molar-refractivity contribution is -0.220. The molecule has 0 spiro atoms. The Labute approximate surface area is 199 Å². The van der Waals surface area contributed by atoms with Crippen molar-refractivity contribution in [3.8, 4) is 0 Å². The minimum absolute atomic E-state index is 0.261. The lowest BCUT2D eigenvalue weighted by atomic mass is 10.0. The highest BCUT2D eigenvalue weighted by atomic mass is 16.8. The molecule has 8 nitrogen and oxygen atoms in total. The van der Waals surface area contributed by atoms with Gasteiger partial charge in [-0.2, -0.15) is 5.06 Å². The van der Waals surface area contributed by atoms with Crippen molar-refractivity contribution in [3.63, 3.8) is 0 Å². The van der Waals surface area contributed by atoms with Crippen molar-refractivity contribution >= 4 is 5.57 Å². The molecule has 2 atom stereocenters. The van der Waals surface area contributed by atoms with Crippen molar-refractivity contribution in [2.75, 3.05) is 20.3 Å². The number of hydroxylamine groups is 2. The van der Waals surface area contributed by atoms with E-state index in [4.69, 9.17) is 19.0 Å². The highest BCUT2D eigenvalue weighted by molar-refractivity contribution is 5.66. The first-order chi connectivity index (χ1) is 16.5. The molecule has 0 aliphatic carbocycles. The Kier molecular flexibility index (Phi) is 6.47. The fourth-order valence-corrected chi connectivity index (χ4v) is 4.47. The maximum Gasteiger partial charge on any atom is 0.163 e. The summed E-state index contributed by atoms with van der Waals surface area (Å²) in [4.78, 5) is 6.28. The first-order valence-electron chi connectivity index (χ1n) is 11.5. The van der Waals surface area contributed by atoms with Gasteiger partial charge in [-0.3, -0.25) is 4.84 Å².